The lowest BCUT2D eigenvalue weighted by Crippen LogP contribution is -2.62. The smallest absolute Gasteiger partial charge is 0.306 e. The molecule has 1 aromatic rings. The number of allylic oxidation sites excluding steroid dienone is 1. The number of carbonyl (C=O) groups is 4. The van der Waals surface area contributed by atoms with Crippen LogP contribution in [-0.2, 0) is 28.7 Å². The molecular weight excluding hydrogens is 714 g/mol. The molecule has 3 aliphatic heterocycles. The summed E-state index contributed by atoms with van der Waals surface area (Å²) in [7, 11) is 0. The summed E-state index contributed by atoms with van der Waals surface area (Å²) in [5, 5.41) is 13.8. The Bertz CT molecular complexity index is 1440. The third kappa shape index (κ3) is 8.62. The number of fused-ring (bicyclic) bond motifs is 1. The van der Waals surface area contributed by atoms with E-state index in [9.17, 15) is 19.5 Å². The van der Waals surface area contributed by atoms with Crippen LogP contribution in [0.25, 0.3) is 0 Å². The minimum atomic E-state index is -1.31. The highest BCUT2D eigenvalue weighted by atomic mass is 79.9. The largest absolute Gasteiger partial charge is 0.463 e. The van der Waals surface area contributed by atoms with Crippen molar-refractivity contribution in [3.63, 3.8) is 0 Å². The zero-order valence-electron chi connectivity index (χ0n) is 31.4. The molecular formula is C40H58BrN3O7. The van der Waals surface area contributed by atoms with Crippen molar-refractivity contribution in [3.05, 3.63) is 61.2 Å². The number of esters is 1. The fraction of sp³-hybridized carbons (Fsp3) is 0.650. The highest BCUT2D eigenvalue weighted by molar-refractivity contribution is 9.09. The zero-order chi connectivity index (χ0) is 37.9. The van der Waals surface area contributed by atoms with Gasteiger partial charge in [0.1, 0.15) is 18.2 Å². The van der Waals surface area contributed by atoms with E-state index < -0.39 is 59.1 Å². The predicted molar refractivity (Wildman–Crippen MR) is 201 cm³/mol. The molecule has 11 heteroatoms. The molecule has 0 aromatic heterocycles. The van der Waals surface area contributed by atoms with Crippen LogP contribution >= 0.6 is 15.9 Å². The number of nitrogens with zero attached hydrogens (tertiary/aromatic N) is 2. The first-order valence-electron chi connectivity index (χ1n) is 18.2. The van der Waals surface area contributed by atoms with Gasteiger partial charge in [-0.15, -0.1) is 13.2 Å². The van der Waals surface area contributed by atoms with Crippen LogP contribution in [0, 0.1) is 23.2 Å². The molecule has 1 aromatic carbocycles. The maximum Gasteiger partial charge on any atom is 0.306 e. The second kappa shape index (κ2) is 16.3. The standard InChI is InChI=1S/C40H58BrN3O7/c1-10-12-18-30(46)50-23-29(26-16-14-13-15-17-26)42-35(47)31-32-36(48)44(27(22-45)20-25(3)4)34(40(32)21-28(41)33(31)51-40)37(49)43(19-11-2)39(8,9)24-38(5,6)7/h10-11,13-17,25,27-29,31-34,45H,1-2,12,18-24H2,3-9H3,(H,42,47)/t27-,28?,29-,31-,32+,33-,34-,40+/m1/s1. The van der Waals surface area contributed by atoms with E-state index >= 15 is 4.79 Å². The number of amides is 3. The van der Waals surface area contributed by atoms with Gasteiger partial charge in [0.25, 0.3) is 0 Å². The lowest BCUT2D eigenvalue weighted by molar-refractivity contribution is -0.156. The van der Waals surface area contributed by atoms with Gasteiger partial charge in [-0.3, -0.25) is 19.2 Å². The van der Waals surface area contributed by atoms with Crippen molar-refractivity contribution in [1.82, 2.24) is 15.1 Å². The lowest BCUT2D eigenvalue weighted by atomic mass is 9.70. The van der Waals surface area contributed by atoms with Crippen LogP contribution in [-0.4, -0.2) is 92.5 Å². The first kappa shape index (κ1) is 40.7. The Morgan fingerprint density at radius 3 is 2.39 bits per heavy atom. The minimum absolute atomic E-state index is 0.0982. The number of aliphatic hydroxyl groups is 1. The molecule has 2 N–H and O–H groups in total. The predicted octanol–water partition coefficient (Wildman–Crippen LogP) is 5.74. The van der Waals surface area contributed by atoms with E-state index in [1.165, 1.54) is 0 Å². The summed E-state index contributed by atoms with van der Waals surface area (Å²) < 4.78 is 12.4. The molecule has 0 saturated carbocycles. The molecule has 3 fully saturated rings. The van der Waals surface area contributed by atoms with Gasteiger partial charge in [0, 0.05) is 23.3 Å². The molecule has 3 heterocycles. The average molecular weight is 773 g/mol. The van der Waals surface area contributed by atoms with Gasteiger partial charge in [-0.05, 0) is 56.4 Å². The number of aliphatic hydroxyl groups excluding tert-OH is 1. The lowest BCUT2D eigenvalue weighted by Gasteiger charge is -2.46. The van der Waals surface area contributed by atoms with Crippen molar-refractivity contribution in [2.45, 2.75) is 121 Å². The number of rotatable bonds is 17. The topological polar surface area (TPSA) is 125 Å². The number of likely N-dealkylation sites (tertiary alicyclic amines) is 1. The zero-order valence-corrected chi connectivity index (χ0v) is 33.0. The van der Waals surface area contributed by atoms with Crippen LogP contribution in [0.2, 0.25) is 0 Å². The molecule has 282 valence electrons. The Morgan fingerprint density at radius 2 is 1.82 bits per heavy atom. The number of benzene rings is 1. The van der Waals surface area contributed by atoms with Crippen molar-refractivity contribution < 1.29 is 33.8 Å². The maximum absolute atomic E-state index is 15.2. The van der Waals surface area contributed by atoms with Crippen LogP contribution in [0.4, 0.5) is 0 Å². The summed E-state index contributed by atoms with van der Waals surface area (Å²) in [6.07, 6.45) is 4.79. The van der Waals surface area contributed by atoms with Crippen LogP contribution < -0.4 is 5.32 Å². The molecule has 4 rings (SSSR count). The van der Waals surface area contributed by atoms with Gasteiger partial charge in [0.2, 0.25) is 17.7 Å². The first-order valence-corrected chi connectivity index (χ1v) is 19.1. The van der Waals surface area contributed by atoms with Gasteiger partial charge in [-0.1, -0.05) is 93.0 Å². The molecule has 3 saturated heterocycles. The number of alkyl halides is 1. The number of hydrogen-bond acceptors (Lipinski definition) is 7. The fourth-order valence-corrected chi connectivity index (χ4v) is 9.75. The second-order valence-electron chi connectivity index (χ2n) is 16.6. The minimum Gasteiger partial charge on any atom is -0.463 e. The number of carbonyl (C=O) groups excluding carboxylic acids is 4. The highest BCUT2D eigenvalue weighted by Crippen LogP contribution is 2.61. The van der Waals surface area contributed by atoms with E-state index in [4.69, 9.17) is 9.47 Å². The number of nitrogens with one attached hydrogen (secondary N) is 1. The van der Waals surface area contributed by atoms with E-state index in [-0.39, 0.29) is 54.2 Å². The van der Waals surface area contributed by atoms with Gasteiger partial charge in [0.05, 0.1) is 36.6 Å². The van der Waals surface area contributed by atoms with Crippen LogP contribution in [0.15, 0.2) is 55.6 Å². The summed E-state index contributed by atoms with van der Waals surface area (Å²) >= 11 is 3.78. The third-order valence-corrected chi connectivity index (χ3v) is 11.2. The monoisotopic (exact) mass is 771 g/mol. The van der Waals surface area contributed by atoms with Gasteiger partial charge < -0.3 is 29.7 Å². The number of ether oxygens (including phenoxy) is 2. The van der Waals surface area contributed by atoms with Gasteiger partial charge in [0.15, 0.2) is 0 Å². The summed E-state index contributed by atoms with van der Waals surface area (Å²) in [5.74, 6) is -3.26. The Labute approximate surface area is 312 Å². The van der Waals surface area contributed by atoms with Crippen molar-refractivity contribution in [2.24, 2.45) is 23.2 Å². The van der Waals surface area contributed by atoms with Crippen molar-refractivity contribution in [2.75, 3.05) is 19.8 Å². The summed E-state index contributed by atoms with van der Waals surface area (Å²) in [5.41, 5.74) is -1.30. The number of halogens is 1. The fourth-order valence-electron chi connectivity index (χ4n) is 8.81. The first-order chi connectivity index (χ1) is 23.9. The molecule has 0 radical (unpaired) electrons. The van der Waals surface area contributed by atoms with E-state index in [1.807, 2.05) is 58.0 Å². The second-order valence-corrected chi connectivity index (χ2v) is 17.8. The Kier molecular flexibility index (Phi) is 13.0. The summed E-state index contributed by atoms with van der Waals surface area (Å²) in [6, 6.07) is 6.82. The van der Waals surface area contributed by atoms with E-state index in [0.717, 1.165) is 5.56 Å². The van der Waals surface area contributed by atoms with Gasteiger partial charge >= 0.3 is 5.97 Å². The van der Waals surface area contributed by atoms with E-state index in [0.29, 0.717) is 25.7 Å². The highest BCUT2D eigenvalue weighted by Gasteiger charge is 2.77. The quantitative estimate of drug-likeness (QED) is 0.118. The molecule has 1 unspecified atom stereocenters. The third-order valence-electron chi connectivity index (χ3n) is 10.4. The molecule has 10 nitrogen and oxygen atoms in total. The number of hydrogen-bond donors (Lipinski definition) is 2. The molecule has 8 atom stereocenters. The van der Waals surface area contributed by atoms with Crippen molar-refractivity contribution in [3.8, 4) is 0 Å². The molecule has 1 spiro atoms. The Morgan fingerprint density at radius 1 is 1.16 bits per heavy atom. The Balaban J connectivity index is 1.77. The summed E-state index contributed by atoms with van der Waals surface area (Å²) in [4.78, 5) is 60.1. The Hall–Kier alpha value is -3.02. The van der Waals surface area contributed by atoms with E-state index in [2.05, 4.69) is 55.2 Å². The van der Waals surface area contributed by atoms with Gasteiger partial charge in [-0.25, -0.2) is 0 Å². The molecule has 2 bridgehead atoms. The van der Waals surface area contributed by atoms with Crippen LogP contribution in [0.5, 0.6) is 0 Å². The summed E-state index contributed by atoms with van der Waals surface area (Å²) in [6.45, 7) is 21.9. The van der Waals surface area contributed by atoms with E-state index in [1.54, 1.807) is 22.0 Å². The molecule has 3 aliphatic rings. The normalized spacial score (nSPS) is 26.8. The average Bonchev–Trinajstić information content (AvgIpc) is 3.65. The maximum atomic E-state index is 15.2. The van der Waals surface area contributed by atoms with Crippen molar-refractivity contribution in [1.29, 1.82) is 0 Å². The van der Waals surface area contributed by atoms with Crippen LogP contribution in [0.1, 0.15) is 92.2 Å². The molecule has 51 heavy (non-hydrogen) atoms. The molecule has 0 aliphatic carbocycles. The van der Waals surface area contributed by atoms with Crippen molar-refractivity contribution >= 4 is 39.6 Å². The molecule has 3 amide bonds. The van der Waals surface area contributed by atoms with Crippen LogP contribution in [0.3, 0.4) is 0 Å². The SMILES string of the molecule is C=CCCC(=O)OC[C@@H](NC(=O)[C@H]1[C@@H]2O[C@@]3(CC2Br)[C@@H]1C(=O)N([C@@H](CO)CC(C)C)[C@@H]3C(=O)N(CC=C)C(C)(C)CC(C)(C)C)c1ccccc1. The van der Waals surface area contributed by atoms with Gasteiger partial charge in [-0.2, -0.15) is 0 Å².